The van der Waals surface area contributed by atoms with Gasteiger partial charge in [0.25, 0.3) is 0 Å². The second-order valence-electron chi connectivity index (χ2n) is 7.90. The van der Waals surface area contributed by atoms with Gasteiger partial charge in [-0.2, -0.15) is 0 Å². The first-order valence-corrected chi connectivity index (χ1v) is 11.2. The Kier molecular flexibility index (Phi) is 7.73. The summed E-state index contributed by atoms with van der Waals surface area (Å²) in [5.41, 5.74) is 2.91. The second kappa shape index (κ2) is 11.1. The summed E-state index contributed by atoms with van der Waals surface area (Å²) in [6.45, 7) is 2.91. The van der Waals surface area contributed by atoms with Crippen molar-refractivity contribution in [1.82, 2.24) is 0 Å². The molecular formula is C29H25F3O3. The van der Waals surface area contributed by atoms with Gasteiger partial charge in [0.2, 0.25) is 0 Å². The molecule has 3 nitrogen and oxygen atoms in total. The van der Waals surface area contributed by atoms with Crippen LogP contribution in [0, 0.1) is 17.5 Å². The van der Waals surface area contributed by atoms with Gasteiger partial charge in [0.05, 0.1) is 13.7 Å². The second-order valence-corrected chi connectivity index (χ2v) is 7.90. The van der Waals surface area contributed by atoms with Gasteiger partial charge in [-0.1, -0.05) is 54.6 Å². The zero-order valence-electron chi connectivity index (χ0n) is 19.5. The minimum Gasteiger partial charge on any atom is -0.497 e. The van der Waals surface area contributed by atoms with Crippen molar-refractivity contribution in [2.75, 3.05) is 13.7 Å². The predicted octanol–water partition coefficient (Wildman–Crippen LogP) is 7.56. The Morgan fingerprint density at radius 3 is 1.77 bits per heavy atom. The highest BCUT2D eigenvalue weighted by Gasteiger charge is 2.16. The van der Waals surface area contributed by atoms with Gasteiger partial charge < -0.3 is 14.2 Å². The zero-order chi connectivity index (χ0) is 24.8. The minimum atomic E-state index is -0.920. The first kappa shape index (κ1) is 24.4. The van der Waals surface area contributed by atoms with E-state index in [9.17, 15) is 13.2 Å². The SMILES string of the molecule is CCOCc1ccc(OCc2ccc(-c3ccc(-c4ccc(OC)cc4)c(F)c3F)cc2)c(F)c1. The van der Waals surface area contributed by atoms with E-state index in [1.165, 1.54) is 6.07 Å². The molecular weight excluding hydrogens is 453 g/mol. The molecule has 0 fully saturated rings. The van der Waals surface area contributed by atoms with Gasteiger partial charge in [-0.25, -0.2) is 13.2 Å². The molecule has 0 amide bonds. The molecule has 0 saturated carbocycles. The normalized spacial score (nSPS) is 10.9. The van der Waals surface area contributed by atoms with Crippen LogP contribution < -0.4 is 9.47 Å². The first-order valence-electron chi connectivity index (χ1n) is 11.2. The van der Waals surface area contributed by atoms with Crippen molar-refractivity contribution in [3.8, 4) is 33.8 Å². The van der Waals surface area contributed by atoms with Gasteiger partial charge in [-0.05, 0) is 53.4 Å². The molecule has 0 aliphatic carbocycles. The molecule has 0 radical (unpaired) electrons. The average molecular weight is 479 g/mol. The molecule has 0 heterocycles. The largest absolute Gasteiger partial charge is 0.497 e. The third-order valence-corrected chi connectivity index (χ3v) is 5.61. The maximum Gasteiger partial charge on any atom is 0.167 e. The summed E-state index contributed by atoms with van der Waals surface area (Å²) in [4.78, 5) is 0. The Bertz CT molecular complexity index is 1290. The number of rotatable bonds is 9. The van der Waals surface area contributed by atoms with Crippen LogP contribution in [-0.2, 0) is 18.0 Å². The van der Waals surface area contributed by atoms with Crippen LogP contribution >= 0.6 is 0 Å². The maximum absolute atomic E-state index is 14.9. The van der Waals surface area contributed by atoms with E-state index in [0.717, 1.165) is 11.1 Å². The monoisotopic (exact) mass is 478 g/mol. The Hall–Kier alpha value is -3.77. The van der Waals surface area contributed by atoms with Crippen LogP contribution in [0.3, 0.4) is 0 Å². The summed E-state index contributed by atoms with van der Waals surface area (Å²) >= 11 is 0. The molecule has 0 aliphatic rings. The molecule has 0 spiro atoms. The summed E-state index contributed by atoms with van der Waals surface area (Å²) in [5, 5.41) is 0. The van der Waals surface area contributed by atoms with Crippen LogP contribution in [0.5, 0.6) is 11.5 Å². The van der Waals surface area contributed by atoms with Crippen LogP contribution in [0.15, 0.2) is 78.9 Å². The van der Waals surface area contributed by atoms with E-state index >= 15 is 0 Å². The lowest BCUT2D eigenvalue weighted by Crippen LogP contribution is -1.99. The van der Waals surface area contributed by atoms with E-state index in [1.54, 1.807) is 79.9 Å². The summed E-state index contributed by atoms with van der Waals surface area (Å²) in [6, 6.07) is 21.4. The fourth-order valence-electron chi connectivity index (χ4n) is 3.68. The van der Waals surface area contributed by atoms with Crippen LogP contribution in [-0.4, -0.2) is 13.7 Å². The quantitative estimate of drug-likeness (QED) is 0.248. The predicted molar refractivity (Wildman–Crippen MR) is 130 cm³/mol. The molecule has 4 rings (SSSR count). The summed E-state index contributed by atoms with van der Waals surface area (Å²) in [6.07, 6.45) is 0. The number of hydrogen-bond donors (Lipinski definition) is 0. The summed E-state index contributed by atoms with van der Waals surface area (Å²) < 4.78 is 60.1. The van der Waals surface area contributed by atoms with Gasteiger partial charge in [0.15, 0.2) is 23.2 Å². The Labute approximate surface area is 202 Å². The summed E-state index contributed by atoms with van der Waals surface area (Å²) in [7, 11) is 1.54. The van der Waals surface area contributed by atoms with Crippen molar-refractivity contribution in [2.45, 2.75) is 20.1 Å². The van der Waals surface area contributed by atoms with E-state index in [2.05, 4.69) is 0 Å². The van der Waals surface area contributed by atoms with Gasteiger partial charge in [0.1, 0.15) is 12.4 Å². The molecule has 0 aliphatic heterocycles. The van der Waals surface area contributed by atoms with Gasteiger partial charge in [-0.15, -0.1) is 0 Å². The lowest BCUT2D eigenvalue weighted by atomic mass is 9.98. The van der Waals surface area contributed by atoms with E-state index in [-0.39, 0.29) is 23.5 Å². The fourth-order valence-corrected chi connectivity index (χ4v) is 3.68. The molecule has 180 valence electrons. The third-order valence-electron chi connectivity index (χ3n) is 5.61. The molecule has 4 aromatic rings. The van der Waals surface area contributed by atoms with E-state index < -0.39 is 17.5 Å². The highest BCUT2D eigenvalue weighted by Crippen LogP contribution is 2.32. The number of halogens is 3. The summed E-state index contributed by atoms with van der Waals surface area (Å²) in [5.74, 6) is -1.53. The molecule has 0 unspecified atom stereocenters. The number of ether oxygens (including phenoxy) is 3. The van der Waals surface area contributed by atoms with E-state index in [4.69, 9.17) is 14.2 Å². The Morgan fingerprint density at radius 2 is 1.23 bits per heavy atom. The highest BCUT2D eigenvalue weighted by molar-refractivity contribution is 5.72. The Morgan fingerprint density at radius 1 is 0.657 bits per heavy atom. The van der Waals surface area contributed by atoms with Gasteiger partial charge in [0, 0.05) is 17.7 Å². The maximum atomic E-state index is 14.9. The molecule has 4 aromatic carbocycles. The third kappa shape index (κ3) is 5.66. The number of benzene rings is 4. The number of hydrogen-bond acceptors (Lipinski definition) is 3. The Balaban J connectivity index is 1.46. The molecule has 0 bridgehead atoms. The zero-order valence-corrected chi connectivity index (χ0v) is 19.5. The smallest absolute Gasteiger partial charge is 0.167 e. The van der Waals surface area contributed by atoms with Crippen molar-refractivity contribution in [1.29, 1.82) is 0 Å². The minimum absolute atomic E-state index is 0.134. The first-order chi connectivity index (χ1) is 17.0. The van der Waals surface area contributed by atoms with Crippen molar-refractivity contribution in [2.24, 2.45) is 0 Å². The van der Waals surface area contributed by atoms with Crippen molar-refractivity contribution >= 4 is 0 Å². The van der Waals surface area contributed by atoms with Crippen molar-refractivity contribution in [3.05, 3.63) is 107 Å². The molecule has 6 heteroatoms. The standard InChI is InChI=1S/C29H25F3O3/c1-3-34-17-20-6-15-27(26(30)16-20)35-18-19-4-7-21(8-5-19)24-13-14-25(29(32)28(24)31)22-9-11-23(33-2)12-10-22/h4-16H,3,17-18H2,1-2H3. The van der Waals surface area contributed by atoms with Crippen LogP contribution in [0.25, 0.3) is 22.3 Å². The lowest BCUT2D eigenvalue weighted by molar-refractivity contribution is 0.133. The van der Waals surface area contributed by atoms with E-state index in [1.807, 2.05) is 6.92 Å². The highest BCUT2D eigenvalue weighted by atomic mass is 19.2. The van der Waals surface area contributed by atoms with Crippen LogP contribution in [0.1, 0.15) is 18.1 Å². The van der Waals surface area contributed by atoms with Crippen molar-refractivity contribution in [3.63, 3.8) is 0 Å². The van der Waals surface area contributed by atoms with Crippen molar-refractivity contribution < 1.29 is 27.4 Å². The van der Waals surface area contributed by atoms with Gasteiger partial charge in [-0.3, -0.25) is 0 Å². The molecule has 35 heavy (non-hydrogen) atoms. The van der Waals surface area contributed by atoms with Crippen LogP contribution in [0.2, 0.25) is 0 Å². The molecule has 0 saturated heterocycles. The van der Waals surface area contributed by atoms with Crippen LogP contribution in [0.4, 0.5) is 13.2 Å². The molecule has 0 N–H and O–H groups in total. The lowest BCUT2D eigenvalue weighted by Gasteiger charge is -2.11. The molecule has 0 atom stereocenters. The number of methoxy groups -OCH3 is 1. The van der Waals surface area contributed by atoms with Gasteiger partial charge >= 0.3 is 0 Å². The molecule has 0 aromatic heterocycles. The fraction of sp³-hybridized carbons (Fsp3) is 0.172. The van der Waals surface area contributed by atoms with E-state index in [0.29, 0.717) is 30.1 Å². The topological polar surface area (TPSA) is 27.7 Å². The average Bonchev–Trinajstić information content (AvgIpc) is 2.89.